The number of hydrogen-bond acceptors (Lipinski definition) is 1. The fourth-order valence-corrected chi connectivity index (χ4v) is 3.27. The van der Waals surface area contributed by atoms with E-state index in [9.17, 15) is 5.21 Å². The fraction of sp³-hybridized carbons (Fsp3) is 1.00. The summed E-state index contributed by atoms with van der Waals surface area (Å²) < 4.78 is -0.0124. The first-order valence-corrected chi connectivity index (χ1v) is 10.7. The molecule has 2 nitrogen and oxygen atoms in total. The number of rotatable bonds is 18. The van der Waals surface area contributed by atoms with Gasteiger partial charge in [-0.25, -0.2) is 0 Å². The molecule has 1 atom stereocenters. The average molecular weight is 328 g/mol. The second kappa shape index (κ2) is 16.8. The van der Waals surface area contributed by atoms with E-state index in [0.29, 0.717) is 0 Å². The van der Waals surface area contributed by atoms with Crippen LogP contribution in [0, 0.1) is 5.21 Å². The lowest BCUT2D eigenvalue weighted by molar-refractivity contribution is -0.861. The molecule has 0 aromatic heterocycles. The lowest BCUT2D eigenvalue weighted by Crippen LogP contribution is -2.39. The highest BCUT2D eigenvalue weighted by atomic mass is 16.5. The molecule has 23 heavy (non-hydrogen) atoms. The molecule has 0 aliphatic heterocycles. The van der Waals surface area contributed by atoms with E-state index in [4.69, 9.17) is 0 Å². The van der Waals surface area contributed by atoms with Crippen molar-refractivity contribution in [1.29, 1.82) is 0 Å². The third kappa shape index (κ3) is 18.1. The summed E-state index contributed by atoms with van der Waals surface area (Å²) in [7, 11) is 1.87. The van der Waals surface area contributed by atoms with E-state index in [2.05, 4.69) is 13.8 Å². The first-order valence-electron chi connectivity index (χ1n) is 10.7. The van der Waals surface area contributed by atoms with Gasteiger partial charge in [-0.05, 0) is 25.7 Å². The standard InChI is InChI=1S/C21H45NO/c1-4-6-8-10-11-12-13-14-15-16-17-19-21-22(3,23)20-18-9-7-5-2/h4-21H2,1-3H3. The minimum atomic E-state index is -0.0124. The van der Waals surface area contributed by atoms with Crippen LogP contribution in [0.5, 0.6) is 0 Å². The Morgan fingerprint density at radius 2 is 0.739 bits per heavy atom. The Balaban J connectivity index is 3.25. The second-order valence-electron chi connectivity index (χ2n) is 7.69. The maximum atomic E-state index is 12.3. The number of unbranched alkanes of at least 4 members (excludes halogenated alkanes) is 14. The molecule has 0 amide bonds. The number of quaternary nitrogens is 1. The van der Waals surface area contributed by atoms with Gasteiger partial charge in [0, 0.05) is 0 Å². The molecule has 0 rings (SSSR count). The van der Waals surface area contributed by atoms with Crippen molar-refractivity contribution in [3.05, 3.63) is 5.21 Å². The zero-order valence-electron chi connectivity index (χ0n) is 16.6. The molecule has 0 heterocycles. The minimum absolute atomic E-state index is 0.0124. The smallest absolute Gasteiger partial charge is 0.0781 e. The van der Waals surface area contributed by atoms with Crippen molar-refractivity contribution < 1.29 is 4.65 Å². The molecule has 2 heteroatoms. The SMILES string of the molecule is CCCCCCCCCCCCCC[N+](C)([O-])CCCCCC. The van der Waals surface area contributed by atoms with Crippen molar-refractivity contribution in [2.75, 3.05) is 20.1 Å². The molecule has 140 valence electrons. The molecule has 0 aliphatic carbocycles. The third-order valence-electron chi connectivity index (χ3n) is 4.97. The van der Waals surface area contributed by atoms with E-state index in [1.165, 1.54) is 89.9 Å². The summed E-state index contributed by atoms with van der Waals surface area (Å²) in [6, 6.07) is 0. The van der Waals surface area contributed by atoms with Gasteiger partial charge >= 0.3 is 0 Å². The van der Waals surface area contributed by atoms with E-state index in [0.717, 1.165) is 25.9 Å². The molecule has 0 aromatic rings. The van der Waals surface area contributed by atoms with Crippen LogP contribution < -0.4 is 0 Å². The first-order chi connectivity index (χ1) is 11.1. The molecular formula is C21H45NO. The van der Waals surface area contributed by atoms with Crippen LogP contribution in [0.2, 0.25) is 0 Å². The van der Waals surface area contributed by atoms with Gasteiger partial charge in [0.15, 0.2) is 0 Å². The van der Waals surface area contributed by atoms with E-state index in [1.807, 2.05) is 7.05 Å². The van der Waals surface area contributed by atoms with Crippen molar-refractivity contribution in [2.24, 2.45) is 0 Å². The van der Waals surface area contributed by atoms with E-state index < -0.39 is 0 Å². The molecule has 0 saturated carbocycles. The Bertz CT molecular complexity index is 228. The zero-order valence-corrected chi connectivity index (χ0v) is 16.6. The Kier molecular flexibility index (Phi) is 16.7. The van der Waals surface area contributed by atoms with Crippen LogP contribution in [-0.2, 0) is 0 Å². The van der Waals surface area contributed by atoms with Crippen LogP contribution in [0.4, 0.5) is 0 Å². The predicted octanol–water partition coefficient (Wildman–Crippen LogP) is 7.21. The molecular weight excluding hydrogens is 282 g/mol. The van der Waals surface area contributed by atoms with E-state index in [-0.39, 0.29) is 4.65 Å². The number of hydrogen-bond donors (Lipinski definition) is 0. The largest absolute Gasteiger partial charge is 0.633 e. The molecule has 0 fully saturated rings. The lowest BCUT2D eigenvalue weighted by atomic mass is 10.1. The monoisotopic (exact) mass is 327 g/mol. The molecule has 0 aromatic carbocycles. The van der Waals surface area contributed by atoms with Crippen molar-refractivity contribution in [1.82, 2.24) is 0 Å². The van der Waals surface area contributed by atoms with Crippen molar-refractivity contribution >= 4 is 0 Å². The quantitative estimate of drug-likeness (QED) is 0.148. The highest BCUT2D eigenvalue weighted by Crippen LogP contribution is 2.13. The van der Waals surface area contributed by atoms with Crippen molar-refractivity contribution in [3.8, 4) is 0 Å². The summed E-state index contributed by atoms with van der Waals surface area (Å²) in [6.45, 7) is 6.14. The van der Waals surface area contributed by atoms with Crippen molar-refractivity contribution in [3.63, 3.8) is 0 Å². The van der Waals surface area contributed by atoms with Gasteiger partial charge < -0.3 is 9.85 Å². The van der Waals surface area contributed by atoms with Crippen molar-refractivity contribution in [2.45, 2.75) is 117 Å². The highest BCUT2D eigenvalue weighted by Gasteiger charge is 2.08. The molecule has 0 N–H and O–H groups in total. The Hall–Kier alpha value is -0.0800. The van der Waals surface area contributed by atoms with Gasteiger partial charge in [-0.15, -0.1) is 0 Å². The number of hydroxylamine groups is 3. The van der Waals surface area contributed by atoms with Gasteiger partial charge in [0.05, 0.1) is 20.1 Å². The zero-order chi connectivity index (χ0) is 17.2. The van der Waals surface area contributed by atoms with Gasteiger partial charge in [-0.3, -0.25) is 0 Å². The van der Waals surface area contributed by atoms with Crippen LogP contribution in [0.15, 0.2) is 0 Å². The molecule has 0 bridgehead atoms. The van der Waals surface area contributed by atoms with Crippen LogP contribution in [-0.4, -0.2) is 24.8 Å². The van der Waals surface area contributed by atoms with Gasteiger partial charge in [-0.2, -0.15) is 0 Å². The Labute approximate surface area is 147 Å². The molecule has 0 saturated heterocycles. The van der Waals surface area contributed by atoms with Gasteiger partial charge in [-0.1, -0.05) is 90.9 Å². The van der Waals surface area contributed by atoms with Crippen LogP contribution >= 0.6 is 0 Å². The first kappa shape index (κ1) is 22.9. The topological polar surface area (TPSA) is 23.1 Å². The highest BCUT2D eigenvalue weighted by molar-refractivity contribution is 4.50. The lowest BCUT2D eigenvalue weighted by Gasteiger charge is -2.39. The summed E-state index contributed by atoms with van der Waals surface area (Å²) in [6.07, 6.45) is 21.2. The molecule has 0 spiro atoms. The Morgan fingerprint density at radius 3 is 1.09 bits per heavy atom. The minimum Gasteiger partial charge on any atom is -0.633 e. The summed E-state index contributed by atoms with van der Waals surface area (Å²) in [5.41, 5.74) is 0. The summed E-state index contributed by atoms with van der Waals surface area (Å²) in [4.78, 5) is 0. The van der Waals surface area contributed by atoms with Crippen LogP contribution in [0.1, 0.15) is 117 Å². The summed E-state index contributed by atoms with van der Waals surface area (Å²) in [5.74, 6) is 0. The molecule has 0 aliphatic rings. The van der Waals surface area contributed by atoms with E-state index >= 15 is 0 Å². The number of nitrogens with zero attached hydrogens (tertiary/aromatic N) is 1. The average Bonchev–Trinajstić information content (AvgIpc) is 2.52. The Morgan fingerprint density at radius 1 is 0.478 bits per heavy atom. The third-order valence-corrected chi connectivity index (χ3v) is 4.97. The molecule has 1 unspecified atom stereocenters. The van der Waals surface area contributed by atoms with Crippen LogP contribution in [0.3, 0.4) is 0 Å². The van der Waals surface area contributed by atoms with Crippen LogP contribution in [0.25, 0.3) is 0 Å². The van der Waals surface area contributed by atoms with Gasteiger partial charge in [0.25, 0.3) is 0 Å². The maximum Gasteiger partial charge on any atom is 0.0781 e. The second-order valence-corrected chi connectivity index (χ2v) is 7.69. The van der Waals surface area contributed by atoms with Gasteiger partial charge in [0.2, 0.25) is 0 Å². The molecule has 0 radical (unpaired) electrons. The maximum absolute atomic E-state index is 12.3. The van der Waals surface area contributed by atoms with E-state index in [1.54, 1.807) is 0 Å². The normalized spacial score (nSPS) is 14.1. The predicted molar refractivity (Wildman–Crippen MR) is 105 cm³/mol. The summed E-state index contributed by atoms with van der Waals surface area (Å²) in [5, 5.41) is 12.3. The van der Waals surface area contributed by atoms with Gasteiger partial charge in [0.1, 0.15) is 0 Å². The summed E-state index contributed by atoms with van der Waals surface area (Å²) >= 11 is 0. The fourth-order valence-electron chi connectivity index (χ4n) is 3.27.